The molecule has 31 heavy (non-hydrogen) atoms. The molecule has 0 spiro atoms. The molecule has 8 nitrogen and oxygen atoms in total. The average molecular weight is 414 g/mol. The molecule has 1 atom stereocenters. The Morgan fingerprint density at radius 3 is 2.42 bits per heavy atom. The summed E-state index contributed by atoms with van der Waals surface area (Å²) in [5, 5.41) is 16.8. The zero-order valence-corrected chi connectivity index (χ0v) is 16.5. The van der Waals surface area contributed by atoms with Gasteiger partial charge in [0.25, 0.3) is 5.69 Å². The normalized spacial score (nSPS) is 15.2. The molecule has 1 aliphatic rings. The molecule has 1 heterocycles. The highest BCUT2D eigenvalue weighted by Crippen LogP contribution is 2.38. The molecule has 154 valence electrons. The molecular weight excluding hydrogens is 396 g/mol. The molecule has 0 radical (unpaired) electrons. The highest BCUT2D eigenvalue weighted by molar-refractivity contribution is 6.24. The van der Waals surface area contributed by atoms with E-state index in [1.165, 1.54) is 25.1 Å². The van der Waals surface area contributed by atoms with E-state index in [-0.39, 0.29) is 17.5 Å². The number of aliphatic imine (C=N–C) groups is 1. The van der Waals surface area contributed by atoms with Crippen LogP contribution in [0.1, 0.15) is 24.0 Å². The van der Waals surface area contributed by atoms with Crippen LogP contribution in [0.5, 0.6) is 0 Å². The van der Waals surface area contributed by atoms with Crippen molar-refractivity contribution in [3.63, 3.8) is 0 Å². The van der Waals surface area contributed by atoms with Gasteiger partial charge in [0, 0.05) is 36.0 Å². The van der Waals surface area contributed by atoms with E-state index in [9.17, 15) is 19.7 Å². The number of fused-ring (bicyclic) bond motifs is 1. The molecule has 0 fully saturated rings. The number of nitrogens with one attached hydrogen (secondary N) is 2. The van der Waals surface area contributed by atoms with Crippen molar-refractivity contribution in [1.29, 1.82) is 0 Å². The molecule has 4 rings (SSSR count). The number of benzene rings is 3. The van der Waals surface area contributed by atoms with Crippen molar-refractivity contribution in [2.75, 3.05) is 10.6 Å². The fraction of sp³-hybridized carbons (Fsp3) is 0.0870. The lowest BCUT2D eigenvalue weighted by molar-refractivity contribution is -0.384. The van der Waals surface area contributed by atoms with E-state index in [1.807, 2.05) is 30.3 Å². The van der Waals surface area contributed by atoms with Crippen LogP contribution in [0.2, 0.25) is 0 Å². The lowest BCUT2D eigenvalue weighted by atomic mass is 9.90. The van der Waals surface area contributed by atoms with Crippen molar-refractivity contribution in [3.8, 4) is 0 Å². The Balaban J connectivity index is 1.81. The molecule has 3 aromatic carbocycles. The second kappa shape index (κ2) is 8.19. The molecule has 3 aromatic rings. The van der Waals surface area contributed by atoms with Crippen LogP contribution in [-0.2, 0) is 9.59 Å². The molecule has 0 saturated heterocycles. The highest BCUT2D eigenvalue weighted by atomic mass is 16.6. The third-order valence-corrected chi connectivity index (χ3v) is 4.86. The number of amides is 2. The maximum absolute atomic E-state index is 12.9. The first-order chi connectivity index (χ1) is 14.9. The molecule has 1 aliphatic heterocycles. The van der Waals surface area contributed by atoms with E-state index in [0.717, 1.165) is 5.56 Å². The van der Waals surface area contributed by atoms with Crippen molar-refractivity contribution in [2.24, 2.45) is 4.99 Å². The number of hydrogen-bond donors (Lipinski definition) is 2. The number of carbonyl (C=O) groups is 2. The van der Waals surface area contributed by atoms with Crippen LogP contribution in [0.15, 0.2) is 77.8 Å². The Hall–Kier alpha value is -4.33. The van der Waals surface area contributed by atoms with Gasteiger partial charge in [-0.05, 0) is 35.9 Å². The lowest BCUT2D eigenvalue weighted by Crippen LogP contribution is -2.22. The van der Waals surface area contributed by atoms with Crippen LogP contribution < -0.4 is 10.6 Å². The minimum atomic E-state index is -0.799. The van der Waals surface area contributed by atoms with Gasteiger partial charge in [0.1, 0.15) is 5.92 Å². The second-order valence-corrected chi connectivity index (χ2v) is 7.04. The van der Waals surface area contributed by atoms with Gasteiger partial charge in [-0.2, -0.15) is 0 Å². The Labute approximate surface area is 177 Å². The van der Waals surface area contributed by atoms with Crippen molar-refractivity contribution in [2.45, 2.75) is 12.8 Å². The van der Waals surface area contributed by atoms with Gasteiger partial charge in [-0.1, -0.05) is 30.3 Å². The third kappa shape index (κ3) is 4.18. The number of anilines is 2. The number of rotatable bonds is 5. The van der Waals surface area contributed by atoms with Crippen molar-refractivity contribution in [3.05, 3.63) is 94.0 Å². The second-order valence-electron chi connectivity index (χ2n) is 7.04. The Morgan fingerprint density at radius 1 is 1.06 bits per heavy atom. The van der Waals surface area contributed by atoms with Crippen molar-refractivity contribution < 1.29 is 14.5 Å². The zero-order chi connectivity index (χ0) is 22.0. The van der Waals surface area contributed by atoms with E-state index in [4.69, 9.17) is 4.99 Å². The summed E-state index contributed by atoms with van der Waals surface area (Å²) in [5.41, 5.74) is 3.37. The summed E-state index contributed by atoms with van der Waals surface area (Å²) < 4.78 is 0. The van der Waals surface area contributed by atoms with Gasteiger partial charge in [0.15, 0.2) is 0 Å². The summed E-state index contributed by atoms with van der Waals surface area (Å²) in [6.07, 6.45) is 0. The van der Waals surface area contributed by atoms with Crippen LogP contribution in [0, 0.1) is 10.1 Å². The summed E-state index contributed by atoms with van der Waals surface area (Å²) >= 11 is 0. The Bertz CT molecular complexity index is 1200. The molecule has 0 saturated carbocycles. The van der Waals surface area contributed by atoms with Gasteiger partial charge in [0.2, 0.25) is 11.8 Å². The van der Waals surface area contributed by atoms with E-state index in [1.54, 1.807) is 24.3 Å². The quantitative estimate of drug-likeness (QED) is 0.366. The van der Waals surface area contributed by atoms with E-state index in [2.05, 4.69) is 10.6 Å². The first kappa shape index (κ1) is 20.0. The fourth-order valence-electron chi connectivity index (χ4n) is 3.50. The maximum Gasteiger partial charge on any atom is 0.269 e. The Kier molecular flexibility index (Phi) is 5.28. The number of non-ortho nitro benzene ring substituents is 1. The first-order valence-electron chi connectivity index (χ1n) is 9.53. The van der Waals surface area contributed by atoms with Crippen LogP contribution in [0.3, 0.4) is 0 Å². The van der Waals surface area contributed by atoms with Gasteiger partial charge in [0.05, 0.1) is 16.3 Å². The highest BCUT2D eigenvalue weighted by Gasteiger charge is 2.36. The minimum absolute atomic E-state index is 0.0904. The average Bonchev–Trinajstić information content (AvgIpc) is 3.08. The van der Waals surface area contributed by atoms with Crippen LogP contribution in [0.4, 0.5) is 22.7 Å². The van der Waals surface area contributed by atoms with Gasteiger partial charge < -0.3 is 10.6 Å². The van der Waals surface area contributed by atoms with E-state index < -0.39 is 10.8 Å². The summed E-state index contributed by atoms with van der Waals surface area (Å²) in [6, 6.07) is 20.4. The van der Waals surface area contributed by atoms with Gasteiger partial charge in [-0.25, -0.2) is 0 Å². The minimum Gasteiger partial charge on any atom is -0.326 e. The van der Waals surface area contributed by atoms with Gasteiger partial charge >= 0.3 is 0 Å². The lowest BCUT2D eigenvalue weighted by Gasteiger charge is -2.14. The first-order valence-corrected chi connectivity index (χ1v) is 9.53. The SMILES string of the molecule is CC(=O)Nc1ccc(N=C(c2ccccc2)C2C(=O)Nc3ccc([N+](=O)[O-])cc32)cc1. The van der Waals surface area contributed by atoms with Crippen LogP contribution in [0.25, 0.3) is 0 Å². The standard InChI is InChI=1S/C23H18N4O4/c1-14(28)24-16-7-9-17(10-8-16)25-22(15-5-3-2-4-6-15)21-19-13-18(27(30)31)11-12-20(19)26-23(21)29/h2-13,21H,1H3,(H,24,28)(H,26,29). The molecular formula is C23H18N4O4. The van der Waals surface area contributed by atoms with E-state index >= 15 is 0 Å². The van der Waals surface area contributed by atoms with Gasteiger partial charge in [-0.3, -0.25) is 24.7 Å². The molecule has 0 aliphatic carbocycles. The molecule has 1 unspecified atom stereocenters. The largest absolute Gasteiger partial charge is 0.326 e. The summed E-state index contributed by atoms with van der Waals surface area (Å²) in [6.45, 7) is 1.43. The van der Waals surface area contributed by atoms with Gasteiger partial charge in [-0.15, -0.1) is 0 Å². The zero-order valence-electron chi connectivity index (χ0n) is 16.5. The maximum atomic E-state index is 12.9. The summed E-state index contributed by atoms with van der Waals surface area (Å²) in [7, 11) is 0. The molecule has 0 aromatic heterocycles. The molecule has 8 heteroatoms. The summed E-state index contributed by atoms with van der Waals surface area (Å²) in [4.78, 5) is 39.6. The number of nitro groups is 1. The van der Waals surface area contributed by atoms with Crippen LogP contribution in [-0.4, -0.2) is 22.4 Å². The molecule has 0 bridgehead atoms. The van der Waals surface area contributed by atoms with Crippen molar-refractivity contribution >= 4 is 40.3 Å². The molecule has 2 amide bonds. The number of hydrogen-bond acceptors (Lipinski definition) is 5. The topological polar surface area (TPSA) is 114 Å². The monoisotopic (exact) mass is 414 g/mol. The number of nitro benzene ring substituents is 1. The van der Waals surface area contributed by atoms with E-state index in [0.29, 0.717) is 28.3 Å². The Morgan fingerprint density at radius 2 is 1.77 bits per heavy atom. The molecule has 2 N–H and O–H groups in total. The number of nitrogens with zero attached hydrogens (tertiary/aromatic N) is 2. The van der Waals surface area contributed by atoms with Crippen LogP contribution >= 0.6 is 0 Å². The fourth-order valence-corrected chi connectivity index (χ4v) is 3.50. The van der Waals surface area contributed by atoms with Crippen molar-refractivity contribution in [1.82, 2.24) is 0 Å². The predicted molar refractivity (Wildman–Crippen MR) is 118 cm³/mol. The predicted octanol–water partition coefficient (Wildman–Crippen LogP) is 4.41. The smallest absolute Gasteiger partial charge is 0.269 e. The number of carbonyl (C=O) groups excluding carboxylic acids is 2. The summed E-state index contributed by atoms with van der Waals surface area (Å²) in [5.74, 6) is -1.28. The third-order valence-electron chi connectivity index (χ3n) is 4.86.